The van der Waals surface area contributed by atoms with Gasteiger partial charge in [0.05, 0.1) is 6.61 Å². The number of benzene rings is 2. The van der Waals surface area contributed by atoms with Crippen molar-refractivity contribution in [2.24, 2.45) is 0 Å². The SMILES string of the molecule is CCOc1cccc(CNC(=O)/C=C/c2ccc(F)cc2)c1. The molecule has 0 aliphatic heterocycles. The first kappa shape index (κ1) is 15.8. The molecule has 0 heterocycles. The molecule has 0 bridgehead atoms. The summed E-state index contributed by atoms with van der Waals surface area (Å²) in [6, 6.07) is 13.5. The van der Waals surface area contributed by atoms with Crippen molar-refractivity contribution < 1.29 is 13.9 Å². The summed E-state index contributed by atoms with van der Waals surface area (Å²) in [7, 11) is 0. The van der Waals surface area contributed by atoms with E-state index in [0.29, 0.717) is 13.2 Å². The summed E-state index contributed by atoms with van der Waals surface area (Å²) in [5.74, 6) is 0.290. The molecular formula is C18H18FNO2. The average molecular weight is 299 g/mol. The molecule has 114 valence electrons. The van der Waals surface area contributed by atoms with Crippen LogP contribution in [0.1, 0.15) is 18.1 Å². The van der Waals surface area contributed by atoms with Gasteiger partial charge in [0, 0.05) is 12.6 Å². The first-order valence-corrected chi connectivity index (χ1v) is 7.10. The number of hydrogen-bond donors (Lipinski definition) is 1. The lowest BCUT2D eigenvalue weighted by Gasteiger charge is -2.06. The van der Waals surface area contributed by atoms with E-state index in [2.05, 4.69) is 5.32 Å². The minimum atomic E-state index is -0.296. The van der Waals surface area contributed by atoms with Crippen LogP contribution in [0.5, 0.6) is 5.75 Å². The molecule has 0 atom stereocenters. The normalized spacial score (nSPS) is 10.6. The van der Waals surface area contributed by atoms with Crippen molar-refractivity contribution in [2.75, 3.05) is 6.61 Å². The van der Waals surface area contributed by atoms with Gasteiger partial charge in [0.15, 0.2) is 0 Å². The third kappa shape index (κ3) is 5.05. The fourth-order valence-corrected chi connectivity index (χ4v) is 1.91. The molecule has 3 nitrogen and oxygen atoms in total. The van der Waals surface area contributed by atoms with Crippen LogP contribution >= 0.6 is 0 Å². The van der Waals surface area contributed by atoms with Crippen molar-refractivity contribution in [3.05, 3.63) is 71.6 Å². The molecule has 0 aromatic heterocycles. The highest BCUT2D eigenvalue weighted by Crippen LogP contribution is 2.13. The summed E-state index contributed by atoms with van der Waals surface area (Å²) in [5, 5.41) is 2.79. The number of carbonyl (C=O) groups excluding carboxylic acids is 1. The van der Waals surface area contributed by atoms with Crippen LogP contribution in [0, 0.1) is 5.82 Å². The van der Waals surface area contributed by atoms with Gasteiger partial charge in [-0.3, -0.25) is 4.79 Å². The third-order valence-electron chi connectivity index (χ3n) is 2.97. The fourth-order valence-electron chi connectivity index (χ4n) is 1.91. The van der Waals surface area contributed by atoms with E-state index in [9.17, 15) is 9.18 Å². The second kappa shape index (κ2) is 7.98. The van der Waals surface area contributed by atoms with E-state index >= 15 is 0 Å². The number of hydrogen-bond acceptors (Lipinski definition) is 2. The highest BCUT2D eigenvalue weighted by Gasteiger charge is 1.99. The van der Waals surface area contributed by atoms with Crippen LogP contribution in [0.25, 0.3) is 6.08 Å². The number of carbonyl (C=O) groups is 1. The molecule has 0 aliphatic rings. The lowest BCUT2D eigenvalue weighted by Crippen LogP contribution is -2.20. The highest BCUT2D eigenvalue weighted by atomic mass is 19.1. The maximum atomic E-state index is 12.8. The summed E-state index contributed by atoms with van der Waals surface area (Å²) >= 11 is 0. The topological polar surface area (TPSA) is 38.3 Å². The minimum Gasteiger partial charge on any atom is -0.494 e. The number of halogens is 1. The van der Waals surface area contributed by atoms with E-state index in [4.69, 9.17) is 4.74 Å². The fraction of sp³-hybridized carbons (Fsp3) is 0.167. The molecule has 0 saturated carbocycles. The van der Waals surface area contributed by atoms with Crippen molar-refractivity contribution in [3.8, 4) is 5.75 Å². The number of rotatable bonds is 6. The maximum Gasteiger partial charge on any atom is 0.244 e. The van der Waals surface area contributed by atoms with Crippen LogP contribution in [-0.4, -0.2) is 12.5 Å². The quantitative estimate of drug-likeness (QED) is 0.828. The summed E-state index contributed by atoms with van der Waals surface area (Å²) in [6.45, 7) is 2.96. The van der Waals surface area contributed by atoms with Gasteiger partial charge >= 0.3 is 0 Å². The summed E-state index contributed by atoms with van der Waals surface area (Å²) in [5.41, 5.74) is 1.74. The van der Waals surface area contributed by atoms with E-state index in [1.165, 1.54) is 18.2 Å². The Labute approximate surface area is 129 Å². The van der Waals surface area contributed by atoms with Gasteiger partial charge in [-0.1, -0.05) is 24.3 Å². The van der Waals surface area contributed by atoms with Gasteiger partial charge in [0.2, 0.25) is 5.91 Å². The molecule has 0 saturated heterocycles. The average Bonchev–Trinajstić information content (AvgIpc) is 2.53. The lowest BCUT2D eigenvalue weighted by atomic mass is 10.2. The minimum absolute atomic E-state index is 0.203. The van der Waals surface area contributed by atoms with Crippen molar-refractivity contribution in [1.29, 1.82) is 0 Å². The molecule has 2 aromatic carbocycles. The van der Waals surface area contributed by atoms with Crippen LogP contribution in [0.4, 0.5) is 4.39 Å². The zero-order chi connectivity index (χ0) is 15.8. The Morgan fingerprint density at radius 2 is 2.00 bits per heavy atom. The molecule has 0 aliphatic carbocycles. The zero-order valence-corrected chi connectivity index (χ0v) is 12.4. The van der Waals surface area contributed by atoms with Gasteiger partial charge in [-0.25, -0.2) is 4.39 Å². The summed E-state index contributed by atoms with van der Waals surface area (Å²) in [4.78, 5) is 11.8. The first-order chi connectivity index (χ1) is 10.7. The van der Waals surface area contributed by atoms with Crippen LogP contribution < -0.4 is 10.1 Å². The van der Waals surface area contributed by atoms with E-state index in [-0.39, 0.29) is 11.7 Å². The Kier molecular flexibility index (Phi) is 5.72. The standard InChI is InChI=1S/C18H18FNO2/c1-2-22-17-5-3-4-15(12-17)13-20-18(21)11-8-14-6-9-16(19)10-7-14/h3-12H,2,13H2,1H3,(H,20,21)/b11-8+. The van der Waals surface area contributed by atoms with E-state index in [1.54, 1.807) is 18.2 Å². The van der Waals surface area contributed by atoms with Crippen molar-refractivity contribution in [1.82, 2.24) is 5.32 Å². The van der Waals surface area contributed by atoms with Crippen LogP contribution in [0.2, 0.25) is 0 Å². The maximum absolute atomic E-state index is 12.8. The Morgan fingerprint density at radius 3 is 2.73 bits per heavy atom. The zero-order valence-electron chi connectivity index (χ0n) is 12.4. The van der Waals surface area contributed by atoms with Crippen molar-refractivity contribution in [3.63, 3.8) is 0 Å². The Bertz CT molecular complexity index is 650. The summed E-state index contributed by atoms with van der Waals surface area (Å²) < 4.78 is 18.2. The van der Waals surface area contributed by atoms with Gasteiger partial charge < -0.3 is 10.1 Å². The van der Waals surface area contributed by atoms with Crippen LogP contribution in [0.15, 0.2) is 54.6 Å². The molecule has 0 spiro atoms. The highest BCUT2D eigenvalue weighted by molar-refractivity contribution is 5.91. The molecule has 2 rings (SSSR count). The molecule has 1 N–H and O–H groups in total. The van der Waals surface area contributed by atoms with E-state index < -0.39 is 0 Å². The van der Waals surface area contributed by atoms with Gasteiger partial charge in [0.1, 0.15) is 11.6 Å². The monoisotopic (exact) mass is 299 g/mol. The largest absolute Gasteiger partial charge is 0.494 e. The smallest absolute Gasteiger partial charge is 0.244 e. The predicted molar refractivity (Wildman–Crippen MR) is 84.9 cm³/mol. The second-order valence-corrected chi connectivity index (χ2v) is 4.68. The number of amides is 1. The van der Waals surface area contributed by atoms with Gasteiger partial charge in [-0.2, -0.15) is 0 Å². The molecule has 2 aromatic rings. The summed E-state index contributed by atoms with van der Waals surface area (Å²) in [6.07, 6.45) is 3.07. The molecule has 0 fully saturated rings. The Hall–Kier alpha value is -2.62. The lowest BCUT2D eigenvalue weighted by molar-refractivity contribution is -0.116. The molecule has 4 heteroatoms. The van der Waals surface area contributed by atoms with Crippen LogP contribution in [0.3, 0.4) is 0 Å². The molecule has 0 unspecified atom stereocenters. The molecule has 1 amide bonds. The second-order valence-electron chi connectivity index (χ2n) is 4.68. The first-order valence-electron chi connectivity index (χ1n) is 7.10. The third-order valence-corrected chi connectivity index (χ3v) is 2.97. The number of ether oxygens (including phenoxy) is 1. The van der Waals surface area contributed by atoms with Gasteiger partial charge in [-0.05, 0) is 48.4 Å². The molecular weight excluding hydrogens is 281 g/mol. The van der Waals surface area contributed by atoms with E-state index in [1.807, 2.05) is 31.2 Å². The number of nitrogens with one attached hydrogen (secondary N) is 1. The predicted octanol–water partition coefficient (Wildman–Crippen LogP) is 3.55. The van der Waals surface area contributed by atoms with E-state index in [0.717, 1.165) is 16.9 Å². The van der Waals surface area contributed by atoms with Crippen molar-refractivity contribution in [2.45, 2.75) is 13.5 Å². The molecule has 22 heavy (non-hydrogen) atoms. The molecule has 0 radical (unpaired) electrons. The Morgan fingerprint density at radius 1 is 1.23 bits per heavy atom. The van der Waals surface area contributed by atoms with Gasteiger partial charge in [0.25, 0.3) is 0 Å². The van der Waals surface area contributed by atoms with Crippen molar-refractivity contribution >= 4 is 12.0 Å². The van der Waals surface area contributed by atoms with Crippen LogP contribution in [-0.2, 0) is 11.3 Å². The van der Waals surface area contributed by atoms with Gasteiger partial charge in [-0.15, -0.1) is 0 Å². The Balaban J connectivity index is 1.87.